The van der Waals surface area contributed by atoms with Crippen LogP contribution in [0.4, 0.5) is 4.79 Å². The van der Waals surface area contributed by atoms with Crippen molar-refractivity contribution in [3.05, 3.63) is 59.7 Å². The topological polar surface area (TPSA) is 105 Å². The van der Waals surface area contributed by atoms with Crippen molar-refractivity contribution in [2.24, 2.45) is 5.92 Å². The number of hydrogen-bond donors (Lipinski definition) is 3. The molecule has 0 unspecified atom stereocenters. The second-order valence-corrected chi connectivity index (χ2v) is 9.33. The number of alkyl carbamates (subject to hydrolysis) is 1. The lowest BCUT2D eigenvalue weighted by Crippen LogP contribution is -2.45. The van der Waals surface area contributed by atoms with Crippen LogP contribution in [-0.2, 0) is 14.3 Å². The van der Waals surface area contributed by atoms with Gasteiger partial charge in [-0.2, -0.15) is 0 Å². The van der Waals surface area contributed by atoms with Gasteiger partial charge in [0.05, 0.1) is 5.92 Å². The van der Waals surface area contributed by atoms with E-state index >= 15 is 0 Å². The highest BCUT2D eigenvalue weighted by atomic mass is 16.5. The first-order chi connectivity index (χ1) is 16.4. The van der Waals surface area contributed by atoms with Crippen LogP contribution in [0.2, 0.25) is 0 Å². The number of amides is 2. The van der Waals surface area contributed by atoms with E-state index in [9.17, 15) is 19.5 Å². The molecule has 1 saturated carbocycles. The number of benzene rings is 2. The van der Waals surface area contributed by atoms with Crippen molar-refractivity contribution in [2.75, 3.05) is 6.61 Å². The summed E-state index contributed by atoms with van der Waals surface area (Å²) in [7, 11) is 0. The average molecular weight is 465 g/mol. The third-order valence-corrected chi connectivity index (χ3v) is 6.88. The molecule has 7 nitrogen and oxygen atoms in total. The Balaban J connectivity index is 1.28. The standard InChI is InChI=1S/C27H32N2O5/c1-17(15-25(30)29-24-14-4-2-3-13-22(24)26(31)32)28-27(33)34-16-23-20-11-7-5-9-18(20)19-10-6-8-12-21(19)23/h5-12,17,22-24H,2-4,13-16H2,1H3,(H,28,33)(H,29,30)(H,31,32)/t17-,22-,24+/m1/s1. The molecule has 0 saturated heterocycles. The van der Waals surface area contributed by atoms with E-state index in [1.165, 1.54) is 0 Å². The van der Waals surface area contributed by atoms with Gasteiger partial charge in [-0.05, 0) is 42.0 Å². The van der Waals surface area contributed by atoms with E-state index in [0.717, 1.165) is 41.5 Å². The minimum atomic E-state index is -0.864. The van der Waals surface area contributed by atoms with E-state index in [0.29, 0.717) is 12.8 Å². The average Bonchev–Trinajstić information content (AvgIpc) is 2.94. The van der Waals surface area contributed by atoms with Gasteiger partial charge in [0.15, 0.2) is 0 Å². The summed E-state index contributed by atoms with van der Waals surface area (Å²) >= 11 is 0. The molecule has 0 spiro atoms. The largest absolute Gasteiger partial charge is 0.481 e. The van der Waals surface area contributed by atoms with Gasteiger partial charge in [-0.3, -0.25) is 9.59 Å². The van der Waals surface area contributed by atoms with E-state index in [2.05, 4.69) is 34.9 Å². The minimum absolute atomic E-state index is 0.0278. The summed E-state index contributed by atoms with van der Waals surface area (Å²) in [6.45, 7) is 1.95. The van der Waals surface area contributed by atoms with Gasteiger partial charge in [0.1, 0.15) is 6.61 Å². The van der Waals surface area contributed by atoms with Crippen LogP contribution in [0.25, 0.3) is 11.1 Å². The van der Waals surface area contributed by atoms with Gasteiger partial charge < -0.3 is 20.5 Å². The summed E-state index contributed by atoms with van der Waals surface area (Å²) in [5.74, 6) is -1.71. The first kappa shape index (κ1) is 23.8. The molecule has 0 bridgehead atoms. The van der Waals surface area contributed by atoms with Crippen LogP contribution in [-0.4, -0.2) is 41.8 Å². The lowest BCUT2D eigenvalue weighted by atomic mass is 9.94. The summed E-state index contributed by atoms with van der Waals surface area (Å²) < 4.78 is 5.55. The lowest BCUT2D eigenvalue weighted by Gasteiger charge is -2.24. The molecule has 2 aromatic carbocycles. The van der Waals surface area contributed by atoms with Crippen molar-refractivity contribution in [3.8, 4) is 11.1 Å². The number of nitrogens with one attached hydrogen (secondary N) is 2. The van der Waals surface area contributed by atoms with E-state index in [1.807, 2.05) is 24.3 Å². The molecule has 2 aliphatic carbocycles. The summed E-state index contributed by atoms with van der Waals surface area (Å²) in [5.41, 5.74) is 4.60. The molecule has 0 heterocycles. The predicted molar refractivity (Wildman–Crippen MR) is 128 cm³/mol. The summed E-state index contributed by atoms with van der Waals surface area (Å²) in [6, 6.07) is 15.5. The molecule has 0 aromatic heterocycles. The SMILES string of the molecule is C[C@H](CC(=O)N[C@H]1CCCCC[C@H]1C(=O)O)NC(=O)OCC1c2ccccc2-c2ccccc21. The minimum Gasteiger partial charge on any atom is -0.481 e. The zero-order chi connectivity index (χ0) is 24.1. The highest BCUT2D eigenvalue weighted by molar-refractivity contribution is 5.80. The van der Waals surface area contributed by atoms with Gasteiger partial charge in [-0.1, -0.05) is 67.8 Å². The fourth-order valence-corrected chi connectivity index (χ4v) is 5.21. The van der Waals surface area contributed by atoms with Crippen LogP contribution < -0.4 is 10.6 Å². The zero-order valence-electron chi connectivity index (χ0n) is 19.5. The number of rotatable bonds is 7. The van der Waals surface area contributed by atoms with Gasteiger partial charge in [0.25, 0.3) is 0 Å². The van der Waals surface area contributed by atoms with Crippen molar-refractivity contribution >= 4 is 18.0 Å². The van der Waals surface area contributed by atoms with E-state index in [1.54, 1.807) is 6.92 Å². The van der Waals surface area contributed by atoms with Gasteiger partial charge in [-0.25, -0.2) is 4.79 Å². The predicted octanol–water partition coefficient (Wildman–Crippen LogP) is 4.45. The number of carbonyl (C=O) groups excluding carboxylic acids is 2. The van der Waals surface area contributed by atoms with Crippen LogP contribution in [0.1, 0.15) is 62.5 Å². The number of carboxylic acids is 1. The number of aliphatic carboxylic acids is 1. The Hall–Kier alpha value is -3.35. The second kappa shape index (κ2) is 10.7. The third-order valence-electron chi connectivity index (χ3n) is 6.88. The summed E-state index contributed by atoms with van der Waals surface area (Å²) in [5, 5.41) is 15.1. The third kappa shape index (κ3) is 5.41. The molecule has 34 heavy (non-hydrogen) atoms. The highest BCUT2D eigenvalue weighted by Gasteiger charge is 2.31. The van der Waals surface area contributed by atoms with E-state index in [-0.39, 0.29) is 30.9 Å². The number of carboxylic acid groups (broad SMARTS) is 1. The lowest BCUT2D eigenvalue weighted by molar-refractivity contribution is -0.143. The maximum atomic E-state index is 12.5. The Morgan fingerprint density at radius 3 is 2.24 bits per heavy atom. The van der Waals surface area contributed by atoms with Crippen molar-refractivity contribution < 1.29 is 24.2 Å². The number of fused-ring (bicyclic) bond motifs is 3. The number of hydrogen-bond acceptors (Lipinski definition) is 4. The maximum absolute atomic E-state index is 12.5. The van der Waals surface area contributed by atoms with Crippen molar-refractivity contribution in [1.82, 2.24) is 10.6 Å². The van der Waals surface area contributed by atoms with Gasteiger partial charge in [-0.15, -0.1) is 0 Å². The Morgan fingerprint density at radius 1 is 0.971 bits per heavy atom. The Morgan fingerprint density at radius 2 is 1.59 bits per heavy atom. The smallest absolute Gasteiger partial charge is 0.407 e. The van der Waals surface area contributed by atoms with Crippen LogP contribution in [0.5, 0.6) is 0 Å². The Bertz CT molecular complexity index is 1010. The fraction of sp³-hybridized carbons (Fsp3) is 0.444. The van der Waals surface area contributed by atoms with Gasteiger partial charge in [0.2, 0.25) is 5.91 Å². The highest BCUT2D eigenvalue weighted by Crippen LogP contribution is 2.44. The van der Waals surface area contributed by atoms with Crippen LogP contribution in [0, 0.1) is 5.92 Å². The fourth-order valence-electron chi connectivity index (χ4n) is 5.21. The van der Waals surface area contributed by atoms with Gasteiger partial charge >= 0.3 is 12.1 Å². The van der Waals surface area contributed by atoms with Crippen LogP contribution in [0.15, 0.2) is 48.5 Å². The zero-order valence-corrected chi connectivity index (χ0v) is 19.5. The molecule has 3 N–H and O–H groups in total. The quantitative estimate of drug-likeness (QED) is 0.525. The molecule has 4 rings (SSSR count). The van der Waals surface area contributed by atoms with E-state index < -0.39 is 24.0 Å². The monoisotopic (exact) mass is 464 g/mol. The molecule has 0 radical (unpaired) electrons. The first-order valence-electron chi connectivity index (χ1n) is 12.1. The normalized spacial score (nSPS) is 20.4. The van der Waals surface area contributed by atoms with Crippen molar-refractivity contribution in [3.63, 3.8) is 0 Å². The number of carbonyl (C=O) groups is 3. The first-order valence-corrected chi connectivity index (χ1v) is 12.1. The Labute approximate surface area is 199 Å². The van der Waals surface area contributed by atoms with Crippen molar-refractivity contribution in [2.45, 2.75) is 63.5 Å². The number of ether oxygens (including phenoxy) is 1. The Kier molecular flexibility index (Phi) is 7.50. The molecule has 180 valence electrons. The van der Waals surface area contributed by atoms with E-state index in [4.69, 9.17) is 4.74 Å². The van der Waals surface area contributed by atoms with Crippen LogP contribution in [0.3, 0.4) is 0 Å². The molecular formula is C27H32N2O5. The molecule has 0 aliphatic heterocycles. The van der Waals surface area contributed by atoms with Crippen LogP contribution >= 0.6 is 0 Å². The summed E-state index contributed by atoms with van der Waals surface area (Å²) in [4.78, 5) is 36.6. The molecule has 1 fully saturated rings. The second-order valence-electron chi connectivity index (χ2n) is 9.33. The molecule has 2 amide bonds. The molecule has 3 atom stereocenters. The molecule has 2 aliphatic rings. The maximum Gasteiger partial charge on any atom is 0.407 e. The summed E-state index contributed by atoms with van der Waals surface area (Å²) in [6.07, 6.45) is 3.49. The molecule has 2 aromatic rings. The molecule has 7 heteroatoms. The van der Waals surface area contributed by atoms with Crippen molar-refractivity contribution in [1.29, 1.82) is 0 Å². The van der Waals surface area contributed by atoms with Gasteiger partial charge in [0, 0.05) is 24.4 Å². The molecular weight excluding hydrogens is 432 g/mol.